The van der Waals surface area contributed by atoms with Crippen molar-refractivity contribution < 1.29 is 9.47 Å². The molecule has 1 aromatic carbocycles. The molecule has 2 fully saturated rings. The maximum atomic E-state index is 6.41. The maximum absolute atomic E-state index is 6.41. The standard InChI is InChI=1S/C18H25ClN2O2.ClH/c1-21(15-9-13-3-4-14(10-15)20-13)11-12-7-16(19)18-17(8-12)22-5-2-6-23-18;/h7-8,13-15,20H,2-6,9-11H2,1H3;1H. The average Bonchev–Trinajstić information content (AvgIpc) is 2.74. The first-order valence-corrected chi connectivity index (χ1v) is 9.11. The van der Waals surface area contributed by atoms with E-state index in [-0.39, 0.29) is 12.4 Å². The topological polar surface area (TPSA) is 33.7 Å². The molecule has 0 aliphatic carbocycles. The Hall–Kier alpha value is -0.680. The van der Waals surface area contributed by atoms with Crippen LogP contribution in [0.5, 0.6) is 11.5 Å². The number of benzene rings is 1. The molecule has 1 N–H and O–H groups in total. The highest BCUT2D eigenvalue weighted by Crippen LogP contribution is 2.38. The lowest BCUT2D eigenvalue weighted by atomic mass is 9.98. The molecular formula is C18H26Cl2N2O2. The van der Waals surface area contributed by atoms with Crippen molar-refractivity contribution in [1.29, 1.82) is 0 Å². The van der Waals surface area contributed by atoms with E-state index < -0.39 is 0 Å². The van der Waals surface area contributed by atoms with Crippen LogP contribution in [0.2, 0.25) is 5.02 Å². The highest BCUT2D eigenvalue weighted by molar-refractivity contribution is 6.32. The predicted molar refractivity (Wildman–Crippen MR) is 98.7 cm³/mol. The van der Waals surface area contributed by atoms with Crippen LogP contribution < -0.4 is 14.8 Å². The van der Waals surface area contributed by atoms with Crippen LogP contribution >= 0.6 is 24.0 Å². The minimum Gasteiger partial charge on any atom is -0.489 e. The lowest BCUT2D eigenvalue weighted by Gasteiger charge is -2.35. The Labute approximate surface area is 155 Å². The van der Waals surface area contributed by atoms with Crippen LogP contribution in [-0.2, 0) is 6.54 Å². The zero-order chi connectivity index (χ0) is 15.8. The van der Waals surface area contributed by atoms with Crippen LogP contribution in [-0.4, -0.2) is 43.3 Å². The first kappa shape index (κ1) is 18.1. The van der Waals surface area contributed by atoms with Crippen molar-refractivity contribution in [2.75, 3.05) is 20.3 Å². The van der Waals surface area contributed by atoms with E-state index in [1.807, 2.05) is 6.07 Å². The number of piperidine rings is 1. The van der Waals surface area contributed by atoms with Gasteiger partial charge in [-0.2, -0.15) is 0 Å². The number of fused-ring (bicyclic) bond motifs is 3. The molecule has 0 amide bonds. The summed E-state index contributed by atoms with van der Waals surface area (Å²) in [5, 5.41) is 4.38. The van der Waals surface area contributed by atoms with E-state index in [1.54, 1.807) is 0 Å². The van der Waals surface area contributed by atoms with Gasteiger partial charge in [0, 0.05) is 31.1 Å². The summed E-state index contributed by atoms with van der Waals surface area (Å²) in [5.41, 5.74) is 1.20. The van der Waals surface area contributed by atoms with Crippen molar-refractivity contribution in [3.8, 4) is 11.5 Å². The average molecular weight is 373 g/mol. The summed E-state index contributed by atoms with van der Waals surface area (Å²) in [6.45, 7) is 2.27. The first-order valence-electron chi connectivity index (χ1n) is 8.73. The minimum atomic E-state index is 0. The fourth-order valence-electron chi connectivity index (χ4n) is 4.18. The van der Waals surface area contributed by atoms with Crippen LogP contribution in [0.15, 0.2) is 12.1 Å². The molecule has 24 heavy (non-hydrogen) atoms. The molecule has 4 rings (SSSR count). The monoisotopic (exact) mass is 372 g/mol. The van der Waals surface area contributed by atoms with Crippen molar-refractivity contribution in [3.05, 3.63) is 22.7 Å². The molecule has 3 aliphatic heterocycles. The molecule has 2 atom stereocenters. The minimum absolute atomic E-state index is 0. The van der Waals surface area contributed by atoms with Crippen LogP contribution in [0.25, 0.3) is 0 Å². The normalized spacial score (nSPS) is 28.4. The van der Waals surface area contributed by atoms with Gasteiger partial charge in [-0.05, 0) is 50.4 Å². The maximum Gasteiger partial charge on any atom is 0.179 e. The fourth-order valence-corrected chi connectivity index (χ4v) is 4.47. The molecule has 0 radical (unpaired) electrons. The molecule has 6 heteroatoms. The van der Waals surface area contributed by atoms with E-state index in [1.165, 1.54) is 31.2 Å². The molecular weight excluding hydrogens is 347 g/mol. The highest BCUT2D eigenvalue weighted by Gasteiger charge is 2.35. The number of hydrogen-bond donors (Lipinski definition) is 1. The zero-order valence-electron chi connectivity index (χ0n) is 14.1. The van der Waals surface area contributed by atoms with Gasteiger partial charge in [-0.1, -0.05) is 11.6 Å². The molecule has 0 spiro atoms. The van der Waals surface area contributed by atoms with E-state index in [0.29, 0.717) is 42.1 Å². The van der Waals surface area contributed by atoms with Crippen LogP contribution in [0.4, 0.5) is 0 Å². The van der Waals surface area contributed by atoms with Gasteiger partial charge < -0.3 is 14.8 Å². The molecule has 2 bridgehead atoms. The number of halogens is 2. The largest absolute Gasteiger partial charge is 0.489 e. The summed E-state index contributed by atoms with van der Waals surface area (Å²) in [4.78, 5) is 2.47. The van der Waals surface area contributed by atoms with Gasteiger partial charge >= 0.3 is 0 Å². The molecule has 134 valence electrons. The first-order chi connectivity index (χ1) is 11.2. The Morgan fingerprint density at radius 3 is 2.62 bits per heavy atom. The van der Waals surface area contributed by atoms with Gasteiger partial charge in [0.2, 0.25) is 0 Å². The van der Waals surface area contributed by atoms with E-state index >= 15 is 0 Å². The number of ether oxygens (including phenoxy) is 2. The number of nitrogens with one attached hydrogen (secondary N) is 1. The highest BCUT2D eigenvalue weighted by atomic mass is 35.5. The van der Waals surface area contributed by atoms with E-state index in [2.05, 4.69) is 23.3 Å². The third kappa shape index (κ3) is 3.77. The summed E-state index contributed by atoms with van der Waals surface area (Å²) in [6, 6.07) is 6.21. The molecule has 0 saturated carbocycles. The molecule has 2 saturated heterocycles. The lowest BCUT2D eigenvalue weighted by Crippen LogP contribution is -2.46. The number of rotatable bonds is 3. The Morgan fingerprint density at radius 2 is 1.88 bits per heavy atom. The van der Waals surface area contributed by atoms with E-state index in [4.69, 9.17) is 21.1 Å². The van der Waals surface area contributed by atoms with Gasteiger partial charge in [0.05, 0.1) is 18.2 Å². The quantitative estimate of drug-likeness (QED) is 0.877. The summed E-state index contributed by atoms with van der Waals surface area (Å²) >= 11 is 6.41. The number of hydrogen-bond acceptors (Lipinski definition) is 4. The summed E-state index contributed by atoms with van der Waals surface area (Å²) in [5.74, 6) is 1.50. The second kappa shape index (κ2) is 7.69. The summed E-state index contributed by atoms with van der Waals surface area (Å²) in [7, 11) is 2.23. The Morgan fingerprint density at radius 1 is 1.17 bits per heavy atom. The van der Waals surface area contributed by atoms with Gasteiger partial charge in [-0.15, -0.1) is 12.4 Å². The molecule has 4 nitrogen and oxygen atoms in total. The van der Waals surface area contributed by atoms with Crippen LogP contribution in [0.3, 0.4) is 0 Å². The van der Waals surface area contributed by atoms with Crippen LogP contribution in [0.1, 0.15) is 37.7 Å². The van der Waals surface area contributed by atoms with Gasteiger partial charge in [0.25, 0.3) is 0 Å². The smallest absolute Gasteiger partial charge is 0.179 e. The van der Waals surface area contributed by atoms with E-state index in [9.17, 15) is 0 Å². The zero-order valence-corrected chi connectivity index (χ0v) is 15.7. The Bertz CT molecular complexity index is 572. The van der Waals surface area contributed by atoms with Crippen LogP contribution in [0, 0.1) is 0 Å². The molecule has 1 aromatic rings. The van der Waals surface area contributed by atoms with E-state index in [0.717, 1.165) is 18.7 Å². The molecule has 3 aliphatic rings. The van der Waals surface area contributed by atoms with Gasteiger partial charge in [-0.25, -0.2) is 0 Å². The molecule has 0 aromatic heterocycles. The third-order valence-electron chi connectivity index (χ3n) is 5.37. The van der Waals surface area contributed by atoms with Gasteiger partial charge in [0.15, 0.2) is 11.5 Å². The molecule has 2 unspecified atom stereocenters. The fraction of sp³-hybridized carbons (Fsp3) is 0.667. The Kier molecular flexibility index (Phi) is 5.81. The Balaban J connectivity index is 0.00000169. The van der Waals surface area contributed by atoms with Crippen molar-refractivity contribution in [3.63, 3.8) is 0 Å². The summed E-state index contributed by atoms with van der Waals surface area (Å²) < 4.78 is 11.5. The number of nitrogens with zero attached hydrogens (tertiary/aromatic N) is 1. The second-order valence-corrected chi connectivity index (χ2v) is 7.54. The van der Waals surface area contributed by atoms with Crippen molar-refractivity contribution in [2.45, 2.75) is 56.8 Å². The molecule has 3 heterocycles. The predicted octanol–water partition coefficient (Wildman–Crippen LogP) is 3.64. The van der Waals surface area contributed by atoms with Gasteiger partial charge in [0.1, 0.15) is 0 Å². The van der Waals surface area contributed by atoms with Crippen molar-refractivity contribution in [1.82, 2.24) is 10.2 Å². The SMILES string of the molecule is CN(Cc1cc(Cl)c2c(c1)OCCCO2)C1CC2CCC(C1)N2.Cl. The second-order valence-electron chi connectivity index (χ2n) is 7.13. The van der Waals surface area contributed by atoms with Gasteiger partial charge in [-0.3, -0.25) is 4.90 Å². The third-order valence-corrected chi connectivity index (χ3v) is 5.65. The lowest BCUT2D eigenvalue weighted by molar-refractivity contribution is 0.165. The van der Waals surface area contributed by atoms with Crippen molar-refractivity contribution >= 4 is 24.0 Å². The van der Waals surface area contributed by atoms with Crippen molar-refractivity contribution in [2.24, 2.45) is 0 Å². The summed E-state index contributed by atoms with van der Waals surface area (Å²) in [6.07, 6.45) is 6.09.